The van der Waals surface area contributed by atoms with Gasteiger partial charge in [-0.1, -0.05) is 51.2 Å². The van der Waals surface area contributed by atoms with Crippen molar-refractivity contribution in [2.75, 3.05) is 13.2 Å². The first-order valence-corrected chi connectivity index (χ1v) is 8.19. The number of ether oxygens (including phenoxy) is 1. The van der Waals surface area contributed by atoms with Crippen molar-refractivity contribution in [3.05, 3.63) is 29.8 Å². The zero-order chi connectivity index (χ0) is 14.5. The summed E-state index contributed by atoms with van der Waals surface area (Å²) in [6.07, 6.45) is 10.9. The molecule has 20 heavy (non-hydrogen) atoms. The van der Waals surface area contributed by atoms with Crippen molar-refractivity contribution < 1.29 is 9.84 Å². The van der Waals surface area contributed by atoms with Crippen LogP contribution in [0.4, 0.5) is 0 Å². The Balaban J connectivity index is 2.04. The highest BCUT2D eigenvalue weighted by Gasteiger charge is 1.96. The Morgan fingerprint density at radius 2 is 1.45 bits per heavy atom. The first-order chi connectivity index (χ1) is 9.86. The molecule has 2 heteroatoms. The van der Waals surface area contributed by atoms with Gasteiger partial charge in [0, 0.05) is 6.61 Å². The van der Waals surface area contributed by atoms with Crippen molar-refractivity contribution in [1.82, 2.24) is 0 Å². The molecule has 0 aliphatic rings. The number of benzene rings is 1. The highest BCUT2D eigenvalue weighted by molar-refractivity contribution is 5.27. The third kappa shape index (κ3) is 8.21. The van der Waals surface area contributed by atoms with Gasteiger partial charge in [-0.25, -0.2) is 0 Å². The van der Waals surface area contributed by atoms with Crippen molar-refractivity contribution in [3.63, 3.8) is 0 Å². The van der Waals surface area contributed by atoms with E-state index in [2.05, 4.69) is 31.2 Å². The minimum absolute atomic E-state index is 0.345. The summed E-state index contributed by atoms with van der Waals surface area (Å²) in [4.78, 5) is 0. The van der Waals surface area contributed by atoms with Gasteiger partial charge >= 0.3 is 0 Å². The van der Waals surface area contributed by atoms with E-state index in [1.165, 1.54) is 50.5 Å². The quantitative estimate of drug-likeness (QED) is 0.559. The van der Waals surface area contributed by atoms with E-state index in [0.29, 0.717) is 6.61 Å². The highest BCUT2D eigenvalue weighted by atomic mass is 16.5. The maximum Gasteiger partial charge on any atom is 0.119 e. The third-order valence-electron chi connectivity index (χ3n) is 3.52. The molecule has 0 amide bonds. The van der Waals surface area contributed by atoms with Crippen LogP contribution >= 0.6 is 0 Å². The summed E-state index contributed by atoms with van der Waals surface area (Å²) in [6.45, 7) is 3.27. The topological polar surface area (TPSA) is 29.5 Å². The molecule has 1 N–H and O–H groups in total. The molecule has 0 saturated heterocycles. The van der Waals surface area contributed by atoms with Crippen LogP contribution in [0.5, 0.6) is 5.75 Å². The largest absolute Gasteiger partial charge is 0.494 e. The average Bonchev–Trinajstić information content (AvgIpc) is 2.49. The van der Waals surface area contributed by atoms with Gasteiger partial charge in [-0.3, -0.25) is 0 Å². The molecular formula is C18H30O2. The molecule has 0 spiro atoms. The second-order valence-electron chi connectivity index (χ2n) is 5.44. The summed E-state index contributed by atoms with van der Waals surface area (Å²) >= 11 is 0. The molecule has 1 aromatic rings. The smallest absolute Gasteiger partial charge is 0.119 e. The van der Waals surface area contributed by atoms with Gasteiger partial charge in [0.05, 0.1) is 6.61 Å². The lowest BCUT2D eigenvalue weighted by atomic mass is 10.0. The van der Waals surface area contributed by atoms with Crippen LogP contribution in [0.15, 0.2) is 24.3 Å². The number of unbranched alkanes of at least 4 members (excludes halogenated alkanes) is 6. The number of hydrogen-bond acceptors (Lipinski definition) is 2. The summed E-state index contributed by atoms with van der Waals surface area (Å²) in [5, 5.41) is 8.69. The Bertz CT molecular complexity index is 319. The molecule has 1 rings (SSSR count). The molecule has 0 heterocycles. The lowest BCUT2D eigenvalue weighted by molar-refractivity contribution is 0.282. The van der Waals surface area contributed by atoms with Crippen LogP contribution in [0.1, 0.15) is 63.9 Å². The Labute approximate surface area is 124 Å². The molecule has 114 valence electrons. The molecule has 0 aliphatic heterocycles. The molecule has 0 aliphatic carbocycles. The summed E-state index contributed by atoms with van der Waals surface area (Å²) in [7, 11) is 0. The van der Waals surface area contributed by atoms with Crippen molar-refractivity contribution in [2.45, 2.75) is 64.7 Å². The predicted molar refractivity (Wildman–Crippen MR) is 85.3 cm³/mol. The fourth-order valence-electron chi connectivity index (χ4n) is 2.30. The van der Waals surface area contributed by atoms with Crippen molar-refractivity contribution in [1.29, 1.82) is 0 Å². The van der Waals surface area contributed by atoms with Crippen LogP contribution in [0.3, 0.4) is 0 Å². The lowest BCUT2D eigenvalue weighted by Gasteiger charge is -2.06. The number of aliphatic hydroxyl groups is 1. The highest BCUT2D eigenvalue weighted by Crippen LogP contribution is 2.15. The number of aryl methyl sites for hydroxylation is 1. The molecule has 0 atom stereocenters. The molecule has 0 bridgehead atoms. The van der Waals surface area contributed by atoms with E-state index in [-0.39, 0.29) is 0 Å². The molecule has 1 aromatic carbocycles. The van der Waals surface area contributed by atoms with E-state index in [9.17, 15) is 0 Å². The van der Waals surface area contributed by atoms with E-state index >= 15 is 0 Å². The summed E-state index contributed by atoms with van der Waals surface area (Å²) < 4.78 is 5.58. The fraction of sp³-hybridized carbons (Fsp3) is 0.667. The van der Waals surface area contributed by atoms with E-state index in [4.69, 9.17) is 9.84 Å². The maximum atomic E-state index is 8.69. The van der Waals surface area contributed by atoms with Gasteiger partial charge in [-0.15, -0.1) is 0 Å². The zero-order valence-electron chi connectivity index (χ0n) is 12.9. The van der Waals surface area contributed by atoms with Crippen LogP contribution in [0.25, 0.3) is 0 Å². The van der Waals surface area contributed by atoms with Crippen molar-refractivity contribution in [2.24, 2.45) is 0 Å². The number of rotatable bonds is 12. The summed E-state index contributed by atoms with van der Waals surface area (Å²) in [6, 6.07) is 8.54. The van der Waals surface area contributed by atoms with Crippen LogP contribution in [-0.4, -0.2) is 18.3 Å². The maximum absolute atomic E-state index is 8.69. The fourth-order valence-corrected chi connectivity index (χ4v) is 2.30. The van der Waals surface area contributed by atoms with Crippen LogP contribution < -0.4 is 4.74 Å². The van der Waals surface area contributed by atoms with Crippen LogP contribution in [0.2, 0.25) is 0 Å². The SMILES string of the molecule is CCCOc1ccc(CCCCCCCCCO)cc1. The van der Waals surface area contributed by atoms with Gasteiger partial charge in [0.25, 0.3) is 0 Å². The van der Waals surface area contributed by atoms with E-state index in [1.807, 2.05) is 0 Å². The Morgan fingerprint density at radius 3 is 2.05 bits per heavy atom. The molecule has 0 fully saturated rings. The zero-order valence-corrected chi connectivity index (χ0v) is 12.9. The minimum atomic E-state index is 0.345. The van der Waals surface area contributed by atoms with Crippen LogP contribution in [-0.2, 0) is 6.42 Å². The Kier molecular flexibility index (Phi) is 10.0. The molecular weight excluding hydrogens is 248 g/mol. The van der Waals surface area contributed by atoms with E-state index < -0.39 is 0 Å². The average molecular weight is 278 g/mol. The predicted octanol–water partition coefficient (Wildman–Crippen LogP) is 4.74. The van der Waals surface area contributed by atoms with Crippen molar-refractivity contribution >= 4 is 0 Å². The van der Waals surface area contributed by atoms with E-state index in [1.54, 1.807) is 0 Å². The monoisotopic (exact) mass is 278 g/mol. The van der Waals surface area contributed by atoms with Crippen LogP contribution in [0, 0.1) is 0 Å². The molecule has 0 unspecified atom stereocenters. The number of hydrogen-bond donors (Lipinski definition) is 1. The third-order valence-corrected chi connectivity index (χ3v) is 3.52. The van der Waals surface area contributed by atoms with Gasteiger partial charge in [-0.2, -0.15) is 0 Å². The minimum Gasteiger partial charge on any atom is -0.494 e. The lowest BCUT2D eigenvalue weighted by Crippen LogP contribution is -1.95. The summed E-state index contributed by atoms with van der Waals surface area (Å²) in [5.41, 5.74) is 1.41. The van der Waals surface area contributed by atoms with Gasteiger partial charge in [0.15, 0.2) is 0 Å². The Morgan fingerprint density at radius 1 is 0.850 bits per heavy atom. The second kappa shape index (κ2) is 11.8. The second-order valence-corrected chi connectivity index (χ2v) is 5.44. The van der Waals surface area contributed by atoms with Crippen molar-refractivity contribution in [3.8, 4) is 5.75 Å². The molecule has 0 saturated carbocycles. The van der Waals surface area contributed by atoms with Gasteiger partial charge in [0.1, 0.15) is 5.75 Å². The van der Waals surface area contributed by atoms with Gasteiger partial charge in [0.2, 0.25) is 0 Å². The first-order valence-electron chi connectivity index (χ1n) is 8.19. The van der Waals surface area contributed by atoms with Gasteiger partial charge < -0.3 is 9.84 Å². The standard InChI is InChI=1S/C18H30O2/c1-2-16-20-18-13-11-17(12-14-18)10-8-6-4-3-5-7-9-15-19/h11-14,19H,2-10,15-16H2,1H3. The molecule has 2 nitrogen and oxygen atoms in total. The van der Waals surface area contributed by atoms with Gasteiger partial charge in [-0.05, 0) is 43.4 Å². The first kappa shape index (κ1) is 17.0. The van der Waals surface area contributed by atoms with E-state index in [0.717, 1.165) is 25.2 Å². The molecule has 0 aromatic heterocycles. The number of aliphatic hydroxyl groups excluding tert-OH is 1. The Hall–Kier alpha value is -1.02. The summed E-state index contributed by atoms with van der Waals surface area (Å²) in [5.74, 6) is 0.986. The normalized spacial score (nSPS) is 10.7. The molecule has 0 radical (unpaired) electrons.